The number of rotatable bonds is 11. The van der Waals surface area contributed by atoms with Crippen LogP contribution in [-0.4, -0.2) is 81.2 Å². The summed E-state index contributed by atoms with van der Waals surface area (Å²) in [6.07, 6.45) is 1.40. The molecule has 3 amide bonds. The molecule has 1 saturated heterocycles. The number of hydrogen-bond donors (Lipinski definition) is 6. The Bertz CT molecular complexity index is 875. The minimum atomic E-state index is -1.39. The Balaban J connectivity index is 2.02. The highest BCUT2D eigenvalue weighted by Gasteiger charge is 2.38. The monoisotopic (exact) mass is 478 g/mol. The van der Waals surface area contributed by atoms with Crippen molar-refractivity contribution in [2.24, 2.45) is 11.7 Å². The molecule has 1 heterocycles. The second kappa shape index (κ2) is 12.3. The van der Waals surface area contributed by atoms with Gasteiger partial charge in [-0.2, -0.15) is 0 Å². The van der Waals surface area contributed by atoms with Crippen LogP contribution >= 0.6 is 0 Å². The number of carboxylic acids is 1. The normalized spacial score (nSPS) is 18.3. The van der Waals surface area contributed by atoms with E-state index in [1.165, 1.54) is 29.2 Å². The average molecular weight is 479 g/mol. The van der Waals surface area contributed by atoms with Crippen LogP contribution in [0, 0.1) is 5.92 Å². The number of aromatic hydroxyl groups is 1. The Morgan fingerprint density at radius 1 is 1.12 bits per heavy atom. The molecule has 0 bridgehead atoms. The number of hydrogen-bond acceptors (Lipinski definition) is 7. The number of likely N-dealkylation sites (tertiary alicyclic amines) is 1. The molecule has 1 aromatic carbocycles. The highest BCUT2D eigenvalue weighted by Crippen LogP contribution is 2.20. The second-order valence-corrected chi connectivity index (χ2v) is 8.94. The SMILES string of the molecule is CC(C)C[C@H](N)C(=O)N1CCC[C@H]1C(=O)N[C@@H](CO)C(=O)N[C@@H](Cc1ccc(O)cc1)C(=O)O. The van der Waals surface area contributed by atoms with Gasteiger partial charge in [0.1, 0.15) is 23.9 Å². The smallest absolute Gasteiger partial charge is 0.326 e. The zero-order valence-corrected chi connectivity index (χ0v) is 19.4. The van der Waals surface area contributed by atoms with Crippen LogP contribution < -0.4 is 16.4 Å². The first-order chi connectivity index (χ1) is 16.0. The Hall–Kier alpha value is -3.18. The molecule has 0 radical (unpaired) electrons. The number of carbonyl (C=O) groups is 4. The zero-order chi connectivity index (χ0) is 25.4. The van der Waals surface area contributed by atoms with Gasteiger partial charge in [-0.3, -0.25) is 14.4 Å². The largest absolute Gasteiger partial charge is 0.508 e. The standard InChI is InChI=1S/C23H34N4O7/c1-13(2)10-16(24)22(32)27-9-3-4-19(27)21(31)26-18(12-28)20(30)25-17(23(33)34)11-14-5-7-15(29)8-6-14/h5-8,13,16-19,28-29H,3-4,9-12,24H2,1-2H3,(H,25,30)(H,26,31)(H,33,34)/t16-,17-,18-,19-/m0/s1. The van der Waals surface area contributed by atoms with Crippen LogP contribution in [0.15, 0.2) is 24.3 Å². The molecule has 188 valence electrons. The number of carboxylic acid groups (broad SMARTS) is 1. The van der Waals surface area contributed by atoms with E-state index in [0.29, 0.717) is 31.4 Å². The van der Waals surface area contributed by atoms with Gasteiger partial charge in [0.2, 0.25) is 17.7 Å². The Morgan fingerprint density at radius 2 is 1.76 bits per heavy atom. The highest BCUT2D eigenvalue weighted by atomic mass is 16.4. The molecule has 0 aliphatic carbocycles. The molecule has 1 fully saturated rings. The van der Waals surface area contributed by atoms with E-state index in [1.54, 1.807) is 0 Å². The van der Waals surface area contributed by atoms with Crippen molar-refractivity contribution in [3.8, 4) is 5.75 Å². The topological polar surface area (TPSA) is 182 Å². The van der Waals surface area contributed by atoms with Crippen LogP contribution in [0.4, 0.5) is 0 Å². The lowest BCUT2D eigenvalue weighted by molar-refractivity contribution is -0.143. The van der Waals surface area contributed by atoms with Crippen LogP contribution in [0.2, 0.25) is 0 Å². The predicted molar refractivity (Wildman–Crippen MR) is 123 cm³/mol. The van der Waals surface area contributed by atoms with Crippen molar-refractivity contribution in [2.75, 3.05) is 13.2 Å². The molecule has 4 atom stereocenters. The zero-order valence-electron chi connectivity index (χ0n) is 19.4. The molecule has 1 aliphatic heterocycles. The Kier molecular flexibility index (Phi) is 9.82. The summed E-state index contributed by atoms with van der Waals surface area (Å²) in [5.41, 5.74) is 6.56. The Morgan fingerprint density at radius 3 is 2.32 bits per heavy atom. The number of phenolic OH excluding ortho intramolecular Hbond substituents is 1. The summed E-state index contributed by atoms with van der Waals surface area (Å²) in [4.78, 5) is 51.2. The molecular formula is C23H34N4O7. The van der Waals surface area contributed by atoms with Crippen molar-refractivity contribution in [3.05, 3.63) is 29.8 Å². The third-order valence-corrected chi connectivity index (χ3v) is 5.69. The van der Waals surface area contributed by atoms with Crippen LogP contribution in [0.1, 0.15) is 38.7 Å². The summed E-state index contributed by atoms with van der Waals surface area (Å²) >= 11 is 0. The molecule has 0 saturated carbocycles. The molecule has 7 N–H and O–H groups in total. The van der Waals surface area contributed by atoms with E-state index < -0.39 is 48.6 Å². The van der Waals surface area contributed by atoms with Crippen molar-refractivity contribution in [2.45, 2.75) is 63.7 Å². The van der Waals surface area contributed by atoms with Crippen LogP contribution in [0.25, 0.3) is 0 Å². The summed E-state index contributed by atoms with van der Waals surface area (Å²) in [6.45, 7) is 3.50. The predicted octanol–water partition coefficient (Wildman–Crippen LogP) is -0.654. The molecule has 2 rings (SSSR count). The van der Waals surface area contributed by atoms with Gasteiger partial charge in [0.25, 0.3) is 0 Å². The number of phenols is 1. The number of amides is 3. The first kappa shape index (κ1) is 27.1. The first-order valence-electron chi connectivity index (χ1n) is 11.3. The lowest BCUT2D eigenvalue weighted by Crippen LogP contribution is -2.57. The van der Waals surface area contributed by atoms with Gasteiger partial charge >= 0.3 is 5.97 Å². The van der Waals surface area contributed by atoms with E-state index in [1.807, 2.05) is 13.8 Å². The number of benzene rings is 1. The molecular weight excluding hydrogens is 444 g/mol. The summed E-state index contributed by atoms with van der Waals surface area (Å²) in [5, 5.41) is 33.3. The maximum Gasteiger partial charge on any atom is 0.326 e. The number of nitrogens with zero attached hydrogens (tertiary/aromatic N) is 1. The van der Waals surface area contributed by atoms with E-state index >= 15 is 0 Å². The van der Waals surface area contributed by atoms with Gasteiger partial charge in [-0.1, -0.05) is 26.0 Å². The number of carbonyl (C=O) groups excluding carboxylic acids is 3. The molecule has 0 spiro atoms. The van der Waals surface area contributed by atoms with Gasteiger partial charge in [-0.25, -0.2) is 4.79 Å². The van der Waals surface area contributed by atoms with Gasteiger partial charge in [0.05, 0.1) is 12.6 Å². The van der Waals surface area contributed by atoms with E-state index in [0.717, 1.165) is 0 Å². The average Bonchev–Trinajstić information content (AvgIpc) is 3.27. The van der Waals surface area contributed by atoms with E-state index in [4.69, 9.17) is 5.73 Å². The summed E-state index contributed by atoms with van der Waals surface area (Å²) in [7, 11) is 0. The molecule has 11 heteroatoms. The van der Waals surface area contributed by atoms with Gasteiger partial charge in [0.15, 0.2) is 0 Å². The molecule has 0 aromatic heterocycles. The van der Waals surface area contributed by atoms with Gasteiger partial charge in [-0.15, -0.1) is 0 Å². The number of aliphatic hydroxyl groups excluding tert-OH is 1. The maximum atomic E-state index is 12.8. The van der Waals surface area contributed by atoms with Crippen molar-refractivity contribution in [1.29, 1.82) is 0 Å². The molecule has 0 unspecified atom stereocenters. The number of nitrogens with two attached hydrogens (primary N) is 1. The van der Waals surface area contributed by atoms with E-state index in [9.17, 15) is 34.5 Å². The fraction of sp³-hybridized carbons (Fsp3) is 0.565. The fourth-order valence-corrected chi connectivity index (χ4v) is 3.93. The fourth-order valence-electron chi connectivity index (χ4n) is 3.93. The second-order valence-electron chi connectivity index (χ2n) is 8.94. The minimum Gasteiger partial charge on any atom is -0.508 e. The molecule has 1 aliphatic rings. The van der Waals surface area contributed by atoms with E-state index in [2.05, 4.69) is 10.6 Å². The quantitative estimate of drug-likeness (QED) is 0.242. The van der Waals surface area contributed by atoms with Gasteiger partial charge < -0.3 is 36.6 Å². The van der Waals surface area contributed by atoms with Gasteiger partial charge in [-0.05, 0) is 42.9 Å². The lowest BCUT2D eigenvalue weighted by atomic mass is 10.0. The first-order valence-corrected chi connectivity index (χ1v) is 11.3. The highest BCUT2D eigenvalue weighted by molar-refractivity contribution is 5.94. The van der Waals surface area contributed by atoms with Crippen molar-refractivity contribution in [1.82, 2.24) is 15.5 Å². The summed E-state index contributed by atoms with van der Waals surface area (Å²) in [6, 6.07) is 1.58. The van der Waals surface area contributed by atoms with E-state index in [-0.39, 0.29) is 24.0 Å². The Labute approximate surface area is 198 Å². The molecule has 1 aromatic rings. The maximum absolute atomic E-state index is 12.8. The number of nitrogens with one attached hydrogen (secondary N) is 2. The van der Waals surface area contributed by atoms with Crippen molar-refractivity contribution < 1.29 is 34.5 Å². The van der Waals surface area contributed by atoms with Crippen LogP contribution in [-0.2, 0) is 25.6 Å². The minimum absolute atomic E-state index is 0.0207. The number of aliphatic carboxylic acids is 1. The third kappa shape index (κ3) is 7.42. The summed E-state index contributed by atoms with van der Waals surface area (Å²) < 4.78 is 0. The van der Waals surface area contributed by atoms with Gasteiger partial charge in [0, 0.05) is 13.0 Å². The van der Waals surface area contributed by atoms with Crippen LogP contribution in [0.3, 0.4) is 0 Å². The summed E-state index contributed by atoms with van der Waals surface area (Å²) in [5.74, 6) is -2.88. The lowest BCUT2D eigenvalue weighted by Gasteiger charge is -2.28. The van der Waals surface area contributed by atoms with Crippen molar-refractivity contribution >= 4 is 23.7 Å². The third-order valence-electron chi connectivity index (χ3n) is 5.69. The molecule has 11 nitrogen and oxygen atoms in total. The van der Waals surface area contributed by atoms with Crippen molar-refractivity contribution in [3.63, 3.8) is 0 Å². The molecule has 34 heavy (non-hydrogen) atoms. The number of aliphatic hydroxyl groups is 1. The van der Waals surface area contributed by atoms with Crippen LogP contribution in [0.5, 0.6) is 5.75 Å².